The van der Waals surface area contributed by atoms with E-state index < -0.39 is 11.7 Å². The quantitative estimate of drug-likeness (QED) is 0.782. The first-order valence-electron chi connectivity index (χ1n) is 6.01. The summed E-state index contributed by atoms with van der Waals surface area (Å²) in [7, 11) is 1.55. The van der Waals surface area contributed by atoms with Gasteiger partial charge in [-0.1, -0.05) is 18.2 Å². The molecule has 0 aliphatic rings. The van der Waals surface area contributed by atoms with E-state index in [1.165, 1.54) is 12.1 Å². The van der Waals surface area contributed by atoms with Crippen LogP contribution in [0.15, 0.2) is 24.3 Å². The van der Waals surface area contributed by atoms with Crippen LogP contribution in [0.1, 0.15) is 24.0 Å². The summed E-state index contributed by atoms with van der Waals surface area (Å²) in [5.41, 5.74) is -0.399. The fourth-order valence-corrected chi connectivity index (χ4v) is 1.67. The highest BCUT2D eigenvalue weighted by molar-refractivity contribution is 5.75. The topological polar surface area (TPSA) is 41.1 Å². The average Bonchev–Trinajstić information content (AvgIpc) is 2.37. The number of amides is 1. The van der Waals surface area contributed by atoms with Gasteiger partial charge in [-0.05, 0) is 24.6 Å². The fourth-order valence-electron chi connectivity index (χ4n) is 1.67. The van der Waals surface area contributed by atoms with Crippen LogP contribution in [0.2, 0.25) is 0 Å². The Kier molecular flexibility index (Phi) is 5.82. The van der Waals surface area contributed by atoms with E-state index in [0.717, 1.165) is 6.07 Å². The summed E-state index contributed by atoms with van der Waals surface area (Å²) in [5.74, 6) is -0.0718. The molecule has 0 saturated heterocycles. The number of halogens is 3. The highest BCUT2D eigenvalue weighted by Crippen LogP contribution is 2.31. The number of alkyl halides is 3. The third-order valence-electron chi connectivity index (χ3n) is 2.67. The molecule has 0 atom stereocenters. The van der Waals surface area contributed by atoms with E-state index in [-0.39, 0.29) is 18.0 Å². The van der Waals surface area contributed by atoms with E-state index in [4.69, 9.17) is 0 Å². The van der Waals surface area contributed by atoms with Crippen LogP contribution in [-0.4, -0.2) is 19.5 Å². The number of carbonyl (C=O) groups is 1. The molecule has 2 N–H and O–H groups in total. The van der Waals surface area contributed by atoms with Gasteiger partial charge in [-0.25, -0.2) is 0 Å². The van der Waals surface area contributed by atoms with Crippen molar-refractivity contribution in [3.8, 4) is 0 Å². The minimum Gasteiger partial charge on any atom is -0.359 e. The molecule has 0 unspecified atom stereocenters. The predicted molar refractivity (Wildman–Crippen MR) is 66.5 cm³/mol. The Morgan fingerprint density at radius 3 is 2.58 bits per heavy atom. The number of rotatable bonds is 6. The highest BCUT2D eigenvalue weighted by atomic mass is 19.4. The van der Waals surface area contributed by atoms with Crippen molar-refractivity contribution in [2.75, 3.05) is 13.6 Å². The number of carbonyl (C=O) groups excluding carboxylic acids is 1. The minimum atomic E-state index is -4.33. The second kappa shape index (κ2) is 7.13. The third-order valence-corrected chi connectivity index (χ3v) is 2.67. The maximum absolute atomic E-state index is 12.7. The van der Waals surface area contributed by atoms with E-state index in [1.807, 2.05) is 0 Å². The van der Waals surface area contributed by atoms with Crippen LogP contribution < -0.4 is 10.6 Å². The average molecular weight is 274 g/mol. The van der Waals surface area contributed by atoms with Gasteiger partial charge in [0.15, 0.2) is 0 Å². The zero-order valence-corrected chi connectivity index (χ0v) is 10.7. The normalized spacial score (nSPS) is 11.4. The van der Waals surface area contributed by atoms with Crippen molar-refractivity contribution in [1.82, 2.24) is 10.6 Å². The number of hydrogen-bond acceptors (Lipinski definition) is 2. The van der Waals surface area contributed by atoms with E-state index in [9.17, 15) is 18.0 Å². The Labute approximate surface area is 110 Å². The van der Waals surface area contributed by atoms with E-state index in [0.29, 0.717) is 19.4 Å². The largest absolute Gasteiger partial charge is 0.416 e. The van der Waals surface area contributed by atoms with Crippen molar-refractivity contribution in [2.45, 2.75) is 25.6 Å². The summed E-state index contributed by atoms with van der Waals surface area (Å²) in [5, 5.41) is 5.40. The number of nitrogens with one attached hydrogen (secondary N) is 2. The summed E-state index contributed by atoms with van der Waals surface area (Å²) in [6, 6.07) is 5.48. The van der Waals surface area contributed by atoms with E-state index in [2.05, 4.69) is 10.6 Å². The number of benzene rings is 1. The molecule has 6 heteroatoms. The summed E-state index contributed by atoms with van der Waals surface area (Å²) in [6.07, 6.45) is -3.38. The van der Waals surface area contributed by atoms with Gasteiger partial charge in [0.05, 0.1) is 5.56 Å². The Morgan fingerprint density at radius 1 is 1.26 bits per heavy atom. The molecule has 0 aromatic heterocycles. The Morgan fingerprint density at radius 2 is 1.95 bits per heavy atom. The van der Waals surface area contributed by atoms with Crippen LogP contribution in [0.3, 0.4) is 0 Å². The van der Waals surface area contributed by atoms with Crippen molar-refractivity contribution in [1.29, 1.82) is 0 Å². The summed E-state index contributed by atoms with van der Waals surface area (Å²) >= 11 is 0. The Balaban J connectivity index is 2.44. The zero-order chi connectivity index (χ0) is 14.3. The van der Waals surface area contributed by atoms with Gasteiger partial charge in [0.25, 0.3) is 0 Å². The van der Waals surface area contributed by atoms with Gasteiger partial charge in [0, 0.05) is 20.0 Å². The molecule has 1 amide bonds. The molecule has 0 aliphatic carbocycles. The molecule has 0 radical (unpaired) electrons. The zero-order valence-electron chi connectivity index (χ0n) is 10.7. The molecule has 106 valence electrons. The molecule has 0 fully saturated rings. The Hall–Kier alpha value is -1.56. The second-order valence-corrected chi connectivity index (χ2v) is 4.11. The molecule has 19 heavy (non-hydrogen) atoms. The van der Waals surface area contributed by atoms with Crippen molar-refractivity contribution >= 4 is 5.91 Å². The molecular formula is C13H17F3N2O. The highest BCUT2D eigenvalue weighted by Gasteiger charge is 2.32. The molecule has 0 heterocycles. The molecule has 0 bridgehead atoms. The standard InChI is InChI=1S/C13H17F3N2O/c1-17-12(19)7-4-8-18-9-10-5-2-3-6-11(10)13(14,15)16/h2-3,5-6,18H,4,7-9H2,1H3,(H,17,19). The lowest BCUT2D eigenvalue weighted by Crippen LogP contribution is -2.22. The summed E-state index contributed by atoms with van der Waals surface area (Å²) in [6.45, 7) is 0.642. The summed E-state index contributed by atoms with van der Waals surface area (Å²) in [4.78, 5) is 10.9. The second-order valence-electron chi connectivity index (χ2n) is 4.11. The smallest absolute Gasteiger partial charge is 0.359 e. The van der Waals surface area contributed by atoms with Gasteiger partial charge in [-0.2, -0.15) is 13.2 Å². The minimum absolute atomic E-state index is 0.0718. The van der Waals surface area contributed by atoms with Crippen LogP contribution in [0, 0.1) is 0 Å². The first kappa shape index (κ1) is 15.5. The molecular weight excluding hydrogens is 257 g/mol. The first-order chi connectivity index (χ1) is 8.95. The van der Waals surface area contributed by atoms with Crippen molar-refractivity contribution in [2.24, 2.45) is 0 Å². The third kappa shape index (κ3) is 5.30. The van der Waals surface area contributed by atoms with Gasteiger partial charge in [-0.3, -0.25) is 4.79 Å². The van der Waals surface area contributed by atoms with Crippen LogP contribution in [0.25, 0.3) is 0 Å². The molecule has 1 aromatic rings. The predicted octanol–water partition coefficient (Wildman–Crippen LogP) is 2.32. The molecule has 3 nitrogen and oxygen atoms in total. The van der Waals surface area contributed by atoms with Crippen molar-refractivity contribution in [3.05, 3.63) is 35.4 Å². The van der Waals surface area contributed by atoms with Gasteiger partial charge in [0.1, 0.15) is 0 Å². The van der Waals surface area contributed by atoms with Crippen molar-refractivity contribution in [3.63, 3.8) is 0 Å². The molecule has 0 aliphatic heterocycles. The van der Waals surface area contributed by atoms with E-state index in [1.54, 1.807) is 13.1 Å². The molecule has 1 aromatic carbocycles. The van der Waals surface area contributed by atoms with Crippen LogP contribution in [-0.2, 0) is 17.5 Å². The lowest BCUT2D eigenvalue weighted by atomic mass is 10.1. The van der Waals surface area contributed by atoms with Crippen LogP contribution in [0.5, 0.6) is 0 Å². The number of hydrogen-bond donors (Lipinski definition) is 2. The lowest BCUT2D eigenvalue weighted by Gasteiger charge is -2.13. The van der Waals surface area contributed by atoms with Gasteiger partial charge in [-0.15, -0.1) is 0 Å². The Bertz CT molecular complexity index is 419. The van der Waals surface area contributed by atoms with E-state index >= 15 is 0 Å². The fraction of sp³-hybridized carbons (Fsp3) is 0.462. The first-order valence-corrected chi connectivity index (χ1v) is 6.01. The van der Waals surface area contributed by atoms with Gasteiger partial charge < -0.3 is 10.6 Å². The van der Waals surface area contributed by atoms with Gasteiger partial charge >= 0.3 is 6.18 Å². The molecule has 0 saturated carbocycles. The van der Waals surface area contributed by atoms with Crippen LogP contribution in [0.4, 0.5) is 13.2 Å². The maximum atomic E-state index is 12.7. The van der Waals surface area contributed by atoms with Gasteiger partial charge in [0.2, 0.25) is 5.91 Å². The van der Waals surface area contributed by atoms with Crippen molar-refractivity contribution < 1.29 is 18.0 Å². The monoisotopic (exact) mass is 274 g/mol. The molecule has 1 rings (SSSR count). The SMILES string of the molecule is CNC(=O)CCCNCc1ccccc1C(F)(F)F. The lowest BCUT2D eigenvalue weighted by molar-refractivity contribution is -0.138. The summed E-state index contributed by atoms with van der Waals surface area (Å²) < 4.78 is 38.1. The van der Waals surface area contributed by atoms with Crippen LogP contribution >= 0.6 is 0 Å². The maximum Gasteiger partial charge on any atom is 0.416 e. The molecule has 0 spiro atoms.